The first-order valence-corrected chi connectivity index (χ1v) is 7.34. The molecule has 3 heterocycles. The molecule has 1 amide bonds. The summed E-state index contributed by atoms with van der Waals surface area (Å²) in [5.41, 5.74) is -0.898. The molecule has 0 unspecified atom stereocenters. The fourth-order valence-electron chi connectivity index (χ4n) is 2.29. The molecule has 0 aliphatic carbocycles. The molecule has 0 saturated carbocycles. The monoisotopic (exact) mass is 373 g/mol. The van der Waals surface area contributed by atoms with Crippen LogP contribution in [0.5, 0.6) is 0 Å². The molecule has 3 aromatic heterocycles. The van der Waals surface area contributed by atoms with Crippen molar-refractivity contribution in [3.63, 3.8) is 0 Å². The highest BCUT2D eigenvalue weighted by Crippen LogP contribution is 2.32. The lowest BCUT2D eigenvalue weighted by atomic mass is 10.3. The quantitative estimate of drug-likeness (QED) is 0.742. The zero-order chi connectivity index (χ0) is 18.5. The van der Waals surface area contributed by atoms with Gasteiger partial charge in [-0.05, 0) is 26.8 Å². The Kier molecular flexibility index (Phi) is 3.94. The summed E-state index contributed by atoms with van der Waals surface area (Å²) in [7, 11) is 0. The Morgan fingerprint density at radius 2 is 2.00 bits per heavy atom. The van der Waals surface area contributed by atoms with Gasteiger partial charge in [-0.2, -0.15) is 18.3 Å². The number of carbonyl (C=O) groups is 1. The van der Waals surface area contributed by atoms with E-state index in [0.717, 1.165) is 6.07 Å². The van der Waals surface area contributed by atoms with Crippen LogP contribution in [0.4, 0.5) is 18.9 Å². The van der Waals surface area contributed by atoms with Crippen LogP contribution in [0.2, 0.25) is 5.02 Å². The summed E-state index contributed by atoms with van der Waals surface area (Å²) in [5.74, 6) is -0.452. The van der Waals surface area contributed by atoms with E-state index in [2.05, 4.69) is 20.6 Å². The lowest BCUT2D eigenvalue weighted by Crippen LogP contribution is -2.16. The van der Waals surface area contributed by atoms with Gasteiger partial charge in [0.05, 0.1) is 0 Å². The van der Waals surface area contributed by atoms with Crippen LogP contribution in [-0.2, 0) is 6.18 Å². The highest BCUT2D eigenvalue weighted by molar-refractivity contribution is 6.37. The highest BCUT2D eigenvalue weighted by atomic mass is 35.5. The van der Waals surface area contributed by atoms with Crippen molar-refractivity contribution in [3.05, 3.63) is 39.6 Å². The van der Waals surface area contributed by atoms with Crippen molar-refractivity contribution in [2.24, 2.45) is 0 Å². The number of halogens is 4. The Bertz CT molecular complexity index is 973. The van der Waals surface area contributed by atoms with Crippen LogP contribution in [-0.4, -0.2) is 25.7 Å². The van der Waals surface area contributed by atoms with Gasteiger partial charge in [0.15, 0.2) is 17.1 Å². The summed E-state index contributed by atoms with van der Waals surface area (Å²) >= 11 is 6.05. The second-order valence-corrected chi connectivity index (χ2v) is 5.71. The first-order chi connectivity index (χ1) is 11.6. The molecule has 0 spiro atoms. The number of nitrogens with one attached hydrogen (secondary N) is 1. The van der Waals surface area contributed by atoms with Gasteiger partial charge < -0.3 is 9.84 Å². The molecule has 3 aromatic rings. The number of aromatic nitrogens is 4. The van der Waals surface area contributed by atoms with Gasteiger partial charge in [0, 0.05) is 5.69 Å². The zero-order valence-corrected chi connectivity index (χ0v) is 14.0. The summed E-state index contributed by atoms with van der Waals surface area (Å²) in [6.45, 7) is 4.57. The molecule has 0 saturated heterocycles. The maximum Gasteiger partial charge on any atom is 0.433 e. The van der Waals surface area contributed by atoms with Crippen molar-refractivity contribution < 1.29 is 22.5 Å². The minimum Gasteiger partial charge on any atom is -0.359 e. The normalized spacial score (nSPS) is 12.0. The summed E-state index contributed by atoms with van der Waals surface area (Å²) in [6, 6.07) is 0.826. The molecule has 1 N–H and O–H groups in total. The molecule has 0 aliphatic heterocycles. The van der Waals surface area contributed by atoms with E-state index in [0.29, 0.717) is 21.7 Å². The van der Waals surface area contributed by atoms with Crippen molar-refractivity contribution in [3.8, 4) is 0 Å². The standard InChI is InChI=1S/C14H11ClF3N5O2/c1-5-4-8(14(16,17)18)23-12(19-5)9(15)11(21-23)13(24)20-10-6(2)22-25-7(10)3/h4H,1-3H3,(H,20,24). The molecule has 0 atom stereocenters. The molecule has 0 aromatic carbocycles. The van der Waals surface area contributed by atoms with E-state index < -0.39 is 17.8 Å². The number of amides is 1. The molecule has 0 radical (unpaired) electrons. The average Bonchev–Trinajstić information content (AvgIpc) is 3.00. The predicted octanol–water partition coefficient (Wildman–Crippen LogP) is 3.57. The Balaban J connectivity index is 2.12. The van der Waals surface area contributed by atoms with Crippen LogP contribution < -0.4 is 5.32 Å². The Labute approximate surface area is 143 Å². The van der Waals surface area contributed by atoms with Gasteiger partial charge in [0.25, 0.3) is 5.91 Å². The first kappa shape index (κ1) is 17.2. The molecule has 0 fully saturated rings. The van der Waals surface area contributed by atoms with Gasteiger partial charge in [-0.15, -0.1) is 0 Å². The summed E-state index contributed by atoms with van der Waals surface area (Å²) in [4.78, 5) is 16.3. The second-order valence-electron chi connectivity index (χ2n) is 5.33. The maximum absolute atomic E-state index is 13.2. The van der Waals surface area contributed by atoms with Crippen molar-refractivity contribution in [2.75, 3.05) is 5.32 Å². The molecule has 3 rings (SSSR count). The van der Waals surface area contributed by atoms with Crippen molar-refractivity contribution in [1.29, 1.82) is 0 Å². The molecule has 132 valence electrons. The number of carbonyl (C=O) groups excluding carboxylic acids is 1. The third-order valence-corrected chi connectivity index (χ3v) is 3.79. The van der Waals surface area contributed by atoms with E-state index in [4.69, 9.17) is 16.1 Å². The first-order valence-electron chi connectivity index (χ1n) is 6.97. The zero-order valence-electron chi connectivity index (χ0n) is 13.2. The smallest absolute Gasteiger partial charge is 0.359 e. The summed E-state index contributed by atoms with van der Waals surface area (Å²) in [6.07, 6.45) is -4.68. The van der Waals surface area contributed by atoms with E-state index in [1.807, 2.05) is 0 Å². The number of alkyl halides is 3. The molecule has 25 heavy (non-hydrogen) atoms. The lowest BCUT2D eigenvalue weighted by Gasteiger charge is -2.09. The third-order valence-electron chi connectivity index (χ3n) is 3.44. The molecular weight excluding hydrogens is 363 g/mol. The fourth-order valence-corrected chi connectivity index (χ4v) is 2.54. The summed E-state index contributed by atoms with van der Waals surface area (Å²) < 4.78 is 45.0. The fraction of sp³-hybridized carbons (Fsp3) is 0.286. The number of nitrogens with zero attached hydrogens (tertiary/aromatic N) is 4. The van der Waals surface area contributed by atoms with Crippen LogP contribution in [0.15, 0.2) is 10.6 Å². The second kappa shape index (κ2) is 5.73. The number of hydrogen-bond acceptors (Lipinski definition) is 5. The van der Waals surface area contributed by atoms with Crippen molar-refractivity contribution >= 4 is 28.8 Å². The summed E-state index contributed by atoms with van der Waals surface area (Å²) in [5, 5.41) is 9.58. The van der Waals surface area contributed by atoms with Gasteiger partial charge in [0.2, 0.25) is 0 Å². The Morgan fingerprint density at radius 3 is 2.56 bits per heavy atom. The lowest BCUT2D eigenvalue weighted by molar-refractivity contribution is -0.142. The molecule has 0 aliphatic rings. The predicted molar refractivity (Wildman–Crippen MR) is 81.7 cm³/mol. The van der Waals surface area contributed by atoms with E-state index in [1.165, 1.54) is 6.92 Å². The van der Waals surface area contributed by atoms with Gasteiger partial charge in [0.1, 0.15) is 22.1 Å². The number of fused-ring (bicyclic) bond motifs is 1. The number of rotatable bonds is 2. The largest absolute Gasteiger partial charge is 0.433 e. The molecule has 7 nitrogen and oxygen atoms in total. The van der Waals surface area contributed by atoms with E-state index in [-0.39, 0.29) is 22.1 Å². The van der Waals surface area contributed by atoms with Crippen LogP contribution in [0, 0.1) is 20.8 Å². The number of aryl methyl sites for hydroxylation is 3. The van der Waals surface area contributed by atoms with E-state index >= 15 is 0 Å². The molecule has 11 heteroatoms. The van der Waals surface area contributed by atoms with Gasteiger partial charge in [-0.25, -0.2) is 9.50 Å². The maximum atomic E-state index is 13.2. The van der Waals surface area contributed by atoms with Gasteiger partial charge in [-0.1, -0.05) is 16.8 Å². The molecular formula is C14H11ClF3N5O2. The van der Waals surface area contributed by atoms with Crippen LogP contribution in [0.3, 0.4) is 0 Å². The highest BCUT2D eigenvalue weighted by Gasteiger charge is 2.36. The van der Waals surface area contributed by atoms with E-state index in [1.54, 1.807) is 13.8 Å². The van der Waals surface area contributed by atoms with Crippen LogP contribution in [0.1, 0.15) is 33.3 Å². The minimum absolute atomic E-state index is 0.0966. The van der Waals surface area contributed by atoms with Crippen molar-refractivity contribution in [2.45, 2.75) is 26.9 Å². The van der Waals surface area contributed by atoms with Crippen molar-refractivity contribution in [1.82, 2.24) is 19.8 Å². The number of anilines is 1. The minimum atomic E-state index is -4.68. The topological polar surface area (TPSA) is 85.3 Å². The van der Waals surface area contributed by atoms with Gasteiger partial charge in [-0.3, -0.25) is 4.79 Å². The van der Waals surface area contributed by atoms with Gasteiger partial charge >= 0.3 is 6.18 Å². The Morgan fingerprint density at radius 1 is 1.32 bits per heavy atom. The Hall–Kier alpha value is -2.62. The number of hydrogen-bond donors (Lipinski definition) is 1. The van der Waals surface area contributed by atoms with Crippen LogP contribution in [0.25, 0.3) is 5.65 Å². The van der Waals surface area contributed by atoms with E-state index in [9.17, 15) is 18.0 Å². The average molecular weight is 374 g/mol. The third kappa shape index (κ3) is 2.93. The molecule has 0 bridgehead atoms. The van der Waals surface area contributed by atoms with Crippen LogP contribution >= 0.6 is 11.6 Å². The SMILES string of the molecule is Cc1cc(C(F)(F)F)n2nc(C(=O)Nc3c(C)noc3C)c(Cl)c2n1.